The molecule has 1 rings (SSSR count). The molecule has 108 valence electrons. The lowest BCUT2D eigenvalue weighted by atomic mass is 10.4. The molecule has 1 aromatic heterocycles. The van der Waals surface area contributed by atoms with Crippen molar-refractivity contribution in [1.82, 2.24) is 10.3 Å². The predicted octanol–water partition coefficient (Wildman–Crippen LogP) is -0.783. The molecule has 0 bridgehead atoms. The van der Waals surface area contributed by atoms with Crippen LogP contribution in [0.15, 0.2) is 23.2 Å². The van der Waals surface area contributed by atoms with Crippen molar-refractivity contribution in [2.24, 2.45) is 0 Å². The number of thioether (sulfide) groups is 1. The van der Waals surface area contributed by atoms with E-state index in [0.29, 0.717) is 5.03 Å². The van der Waals surface area contributed by atoms with Gasteiger partial charge < -0.3 is 20.0 Å². The van der Waals surface area contributed by atoms with Gasteiger partial charge in [0.05, 0.1) is 29.0 Å². The number of ether oxygens (including phenoxy) is 1. The van der Waals surface area contributed by atoms with Gasteiger partial charge in [-0.2, -0.15) is 0 Å². The van der Waals surface area contributed by atoms with Crippen molar-refractivity contribution in [1.29, 1.82) is 0 Å². The van der Waals surface area contributed by atoms with Gasteiger partial charge in [0.2, 0.25) is 5.91 Å². The van der Waals surface area contributed by atoms with Crippen LogP contribution >= 0.6 is 11.8 Å². The summed E-state index contributed by atoms with van der Waals surface area (Å²) in [6.45, 7) is 1.73. The molecule has 7 nitrogen and oxygen atoms in total. The maximum absolute atomic E-state index is 11.4. The van der Waals surface area contributed by atoms with E-state index in [9.17, 15) is 19.5 Å². The number of amides is 1. The summed E-state index contributed by atoms with van der Waals surface area (Å²) in [5, 5.41) is 13.4. The molecular formula is C12H13N2O5S-. The van der Waals surface area contributed by atoms with Crippen LogP contribution in [-0.2, 0) is 14.3 Å². The average molecular weight is 297 g/mol. The highest BCUT2D eigenvalue weighted by Crippen LogP contribution is 2.14. The first-order valence-electron chi connectivity index (χ1n) is 5.76. The fraction of sp³-hybridized carbons (Fsp3) is 0.333. The van der Waals surface area contributed by atoms with E-state index in [1.165, 1.54) is 12.1 Å². The molecule has 0 aliphatic heterocycles. The minimum absolute atomic E-state index is 0.0168. The van der Waals surface area contributed by atoms with Gasteiger partial charge in [-0.05, 0) is 19.1 Å². The van der Waals surface area contributed by atoms with Crippen molar-refractivity contribution in [3.05, 3.63) is 23.9 Å². The first-order valence-corrected chi connectivity index (χ1v) is 6.75. The molecule has 1 aromatic rings. The monoisotopic (exact) mass is 297 g/mol. The molecule has 0 saturated heterocycles. The van der Waals surface area contributed by atoms with Gasteiger partial charge in [0.1, 0.15) is 6.54 Å². The molecule has 0 aromatic carbocycles. The minimum atomic E-state index is -1.38. The zero-order valence-electron chi connectivity index (χ0n) is 10.8. The van der Waals surface area contributed by atoms with Gasteiger partial charge in [-0.3, -0.25) is 9.59 Å². The van der Waals surface area contributed by atoms with Crippen molar-refractivity contribution in [2.75, 3.05) is 18.9 Å². The molecule has 1 heterocycles. The van der Waals surface area contributed by atoms with Gasteiger partial charge in [-0.15, -0.1) is 0 Å². The molecule has 0 radical (unpaired) electrons. The first kappa shape index (κ1) is 16.0. The van der Waals surface area contributed by atoms with Crippen LogP contribution in [0.3, 0.4) is 0 Å². The van der Waals surface area contributed by atoms with Gasteiger partial charge in [-0.25, -0.2) is 4.98 Å². The molecule has 8 heteroatoms. The second-order valence-corrected chi connectivity index (χ2v) is 4.51. The van der Waals surface area contributed by atoms with Gasteiger partial charge >= 0.3 is 5.97 Å². The number of hydrogen-bond donors (Lipinski definition) is 1. The zero-order chi connectivity index (χ0) is 15.0. The number of carboxylic acids is 1. The summed E-state index contributed by atoms with van der Waals surface area (Å²) < 4.78 is 4.65. The third-order valence-electron chi connectivity index (χ3n) is 2.02. The lowest BCUT2D eigenvalue weighted by Gasteiger charge is -2.06. The summed E-state index contributed by atoms with van der Waals surface area (Å²) >= 11 is 1.06. The topological polar surface area (TPSA) is 108 Å². The molecule has 1 N–H and O–H groups in total. The molecule has 0 spiro atoms. The van der Waals surface area contributed by atoms with Crippen LogP contribution in [0.5, 0.6) is 0 Å². The van der Waals surface area contributed by atoms with E-state index in [2.05, 4.69) is 15.0 Å². The SMILES string of the molecule is CCOC(=O)CNC(=O)CSc1cccc(C(=O)[O-])n1. The van der Waals surface area contributed by atoms with E-state index in [1.807, 2.05) is 0 Å². The number of rotatable bonds is 7. The highest BCUT2D eigenvalue weighted by atomic mass is 32.2. The van der Waals surface area contributed by atoms with Crippen LogP contribution in [-0.4, -0.2) is 41.7 Å². The van der Waals surface area contributed by atoms with Gasteiger partial charge in [0.25, 0.3) is 0 Å². The Morgan fingerprint density at radius 3 is 2.80 bits per heavy atom. The first-order chi connectivity index (χ1) is 9.52. The maximum Gasteiger partial charge on any atom is 0.325 e. The molecule has 0 fully saturated rings. The van der Waals surface area contributed by atoms with Crippen molar-refractivity contribution < 1.29 is 24.2 Å². The van der Waals surface area contributed by atoms with Crippen molar-refractivity contribution >= 4 is 29.6 Å². The molecule has 0 saturated carbocycles. The standard InChI is InChI=1S/C12H14N2O5S/c1-2-19-11(16)6-13-9(15)7-20-10-5-3-4-8(14-10)12(17)18/h3-5H,2,6-7H2,1H3,(H,13,15)(H,17,18)/p-1. The summed E-state index contributed by atoms with van der Waals surface area (Å²) in [5.74, 6) is -2.24. The normalized spacial score (nSPS) is 9.85. The van der Waals surface area contributed by atoms with Crippen molar-refractivity contribution in [2.45, 2.75) is 11.9 Å². The summed E-state index contributed by atoms with van der Waals surface area (Å²) in [5.41, 5.74) is -0.193. The second kappa shape index (κ2) is 8.16. The van der Waals surface area contributed by atoms with E-state index in [4.69, 9.17) is 0 Å². The number of esters is 1. The van der Waals surface area contributed by atoms with E-state index in [1.54, 1.807) is 13.0 Å². The van der Waals surface area contributed by atoms with Crippen LogP contribution in [0.2, 0.25) is 0 Å². The number of carbonyl (C=O) groups is 3. The summed E-state index contributed by atoms with van der Waals surface area (Å²) in [4.78, 5) is 36.9. The molecule has 0 unspecified atom stereocenters. The van der Waals surface area contributed by atoms with Crippen molar-refractivity contribution in [3.8, 4) is 0 Å². The van der Waals surface area contributed by atoms with Crippen LogP contribution < -0.4 is 10.4 Å². The maximum atomic E-state index is 11.4. The summed E-state index contributed by atoms with van der Waals surface area (Å²) in [7, 11) is 0. The molecule has 0 atom stereocenters. The largest absolute Gasteiger partial charge is 0.543 e. The Bertz CT molecular complexity index is 506. The Morgan fingerprint density at radius 2 is 2.15 bits per heavy atom. The number of hydrogen-bond acceptors (Lipinski definition) is 7. The average Bonchev–Trinajstić information content (AvgIpc) is 2.43. The fourth-order valence-corrected chi connectivity index (χ4v) is 1.90. The Balaban J connectivity index is 2.39. The number of nitrogens with one attached hydrogen (secondary N) is 1. The number of carbonyl (C=O) groups excluding carboxylic acids is 3. The molecule has 0 aliphatic carbocycles. The number of pyridine rings is 1. The number of carboxylic acid groups (broad SMARTS) is 1. The predicted molar refractivity (Wildman–Crippen MR) is 68.9 cm³/mol. The van der Waals surface area contributed by atoms with Gasteiger partial charge in [0, 0.05) is 0 Å². The molecule has 1 amide bonds. The van der Waals surface area contributed by atoms with Gasteiger partial charge in [-0.1, -0.05) is 17.8 Å². The fourth-order valence-electron chi connectivity index (χ4n) is 1.18. The number of aromatic nitrogens is 1. The van der Waals surface area contributed by atoms with Crippen LogP contribution in [0, 0.1) is 0 Å². The molecule has 20 heavy (non-hydrogen) atoms. The Kier molecular flexibility index (Phi) is 6.51. The highest BCUT2D eigenvalue weighted by Gasteiger charge is 2.07. The third kappa shape index (κ3) is 5.70. The van der Waals surface area contributed by atoms with Crippen molar-refractivity contribution in [3.63, 3.8) is 0 Å². The van der Waals surface area contributed by atoms with Gasteiger partial charge in [0.15, 0.2) is 0 Å². The Labute approximate surface area is 119 Å². The van der Waals surface area contributed by atoms with Crippen LogP contribution in [0.25, 0.3) is 0 Å². The highest BCUT2D eigenvalue weighted by molar-refractivity contribution is 7.99. The van der Waals surface area contributed by atoms with E-state index in [0.717, 1.165) is 11.8 Å². The van der Waals surface area contributed by atoms with Crippen LogP contribution in [0.4, 0.5) is 0 Å². The molecular weight excluding hydrogens is 284 g/mol. The summed E-state index contributed by atoms with van der Waals surface area (Å²) in [6.07, 6.45) is 0. The lowest BCUT2D eigenvalue weighted by molar-refractivity contribution is -0.255. The summed E-state index contributed by atoms with van der Waals surface area (Å²) in [6, 6.07) is 4.40. The van der Waals surface area contributed by atoms with E-state index >= 15 is 0 Å². The third-order valence-corrected chi connectivity index (χ3v) is 2.95. The second-order valence-electron chi connectivity index (χ2n) is 3.52. The Hall–Kier alpha value is -2.09. The quantitative estimate of drug-likeness (QED) is 0.519. The number of aromatic carboxylic acids is 1. The van der Waals surface area contributed by atoms with Crippen LogP contribution in [0.1, 0.15) is 17.4 Å². The minimum Gasteiger partial charge on any atom is -0.543 e. The zero-order valence-corrected chi connectivity index (χ0v) is 11.6. The smallest absolute Gasteiger partial charge is 0.325 e. The van der Waals surface area contributed by atoms with E-state index in [-0.39, 0.29) is 30.5 Å². The number of nitrogens with zero attached hydrogens (tertiary/aromatic N) is 1. The van der Waals surface area contributed by atoms with E-state index < -0.39 is 11.9 Å². The Morgan fingerprint density at radius 1 is 1.40 bits per heavy atom. The molecule has 0 aliphatic rings. The lowest BCUT2D eigenvalue weighted by Crippen LogP contribution is -2.31.